The van der Waals surface area contributed by atoms with Crippen molar-refractivity contribution in [2.45, 2.75) is 21.9 Å². The Morgan fingerprint density at radius 1 is 0.842 bits per heavy atom. The highest BCUT2D eigenvalue weighted by molar-refractivity contribution is 7.93. The minimum atomic E-state index is -4.46. The molecule has 11 nitrogen and oxygen atoms in total. The van der Waals surface area contributed by atoms with Crippen LogP contribution in [0, 0.1) is 22.7 Å². The van der Waals surface area contributed by atoms with Crippen molar-refractivity contribution < 1.29 is 30.4 Å². The van der Waals surface area contributed by atoms with Crippen molar-refractivity contribution in [1.82, 2.24) is 0 Å². The first-order chi connectivity index (χ1) is 17.9. The minimum Gasteiger partial charge on any atom is -0.390 e. The number of nitrogens with one attached hydrogen (secondary N) is 1. The van der Waals surface area contributed by atoms with Crippen molar-refractivity contribution >= 4 is 41.3 Å². The first kappa shape index (κ1) is 27.1. The molecule has 1 aliphatic heterocycles. The van der Waals surface area contributed by atoms with Gasteiger partial charge in [0, 0.05) is 5.69 Å². The van der Waals surface area contributed by atoms with Crippen molar-refractivity contribution in [2.24, 2.45) is 0 Å². The van der Waals surface area contributed by atoms with E-state index in [1.807, 2.05) is 12.1 Å². The smallest absolute Gasteiger partial charge is 0.264 e. The zero-order chi connectivity index (χ0) is 27.7. The molecule has 0 saturated carbocycles. The van der Waals surface area contributed by atoms with Gasteiger partial charge in [0.2, 0.25) is 0 Å². The lowest BCUT2D eigenvalue weighted by atomic mass is 10.2. The molecule has 0 spiro atoms. The maximum atomic E-state index is 13.7. The minimum absolute atomic E-state index is 0.0251. The van der Waals surface area contributed by atoms with Crippen LogP contribution < -0.4 is 9.03 Å². The summed E-state index contributed by atoms with van der Waals surface area (Å²) in [6.45, 7) is 0. The fourth-order valence-electron chi connectivity index (χ4n) is 4.01. The van der Waals surface area contributed by atoms with Gasteiger partial charge in [-0.05, 0) is 60.7 Å². The zero-order valence-electron chi connectivity index (χ0n) is 19.5. The summed E-state index contributed by atoms with van der Waals surface area (Å²) < 4.78 is 80.5. The third-order valence-corrected chi connectivity index (χ3v) is 10.7. The Hall–Kier alpha value is -3.95. The molecule has 2 N–H and O–H groups in total. The van der Waals surface area contributed by atoms with E-state index in [4.69, 9.17) is 5.26 Å². The van der Waals surface area contributed by atoms with Crippen molar-refractivity contribution in [3.8, 4) is 12.1 Å². The molecule has 3 aromatic carbocycles. The van der Waals surface area contributed by atoms with Crippen molar-refractivity contribution in [1.29, 1.82) is 10.5 Å². The van der Waals surface area contributed by atoms with E-state index in [0.717, 1.165) is 10.4 Å². The van der Waals surface area contributed by atoms with Crippen molar-refractivity contribution in [3.63, 3.8) is 0 Å². The highest BCUT2D eigenvalue weighted by atomic mass is 32.2. The molecule has 0 bridgehead atoms. The van der Waals surface area contributed by atoms with Gasteiger partial charge in [-0.15, -0.1) is 0 Å². The number of aliphatic hydroxyl groups excluding tert-OH is 1. The predicted octanol–water partition coefficient (Wildman–Crippen LogP) is 1.58. The fourth-order valence-corrected chi connectivity index (χ4v) is 8.70. The van der Waals surface area contributed by atoms with Crippen molar-refractivity contribution in [2.75, 3.05) is 20.5 Å². The van der Waals surface area contributed by atoms with Gasteiger partial charge in [0.05, 0.1) is 62.4 Å². The molecule has 4 rings (SSSR count). The maximum absolute atomic E-state index is 13.7. The second kappa shape index (κ2) is 10.1. The fraction of sp³-hybridized carbons (Fsp3) is 0.167. The van der Waals surface area contributed by atoms with Gasteiger partial charge in [0.15, 0.2) is 9.84 Å². The van der Waals surface area contributed by atoms with E-state index >= 15 is 0 Å². The number of aliphatic hydroxyl groups is 1. The highest BCUT2D eigenvalue weighted by Gasteiger charge is 2.45. The normalized spacial score (nSPS) is 18.7. The van der Waals surface area contributed by atoms with Crippen LogP contribution >= 0.6 is 0 Å². The molecule has 196 valence electrons. The second-order valence-corrected chi connectivity index (χ2v) is 14.1. The molecule has 0 amide bonds. The van der Waals surface area contributed by atoms with E-state index < -0.39 is 53.5 Å². The molecule has 1 heterocycles. The number of sulfone groups is 1. The van der Waals surface area contributed by atoms with Crippen LogP contribution in [-0.2, 0) is 29.9 Å². The Kier molecular flexibility index (Phi) is 7.18. The summed E-state index contributed by atoms with van der Waals surface area (Å²) in [6.07, 6.45) is -1.51. The lowest BCUT2D eigenvalue weighted by Crippen LogP contribution is -2.47. The van der Waals surface area contributed by atoms with Gasteiger partial charge in [-0.25, -0.2) is 25.3 Å². The molecule has 1 aliphatic rings. The van der Waals surface area contributed by atoms with Gasteiger partial charge in [0.1, 0.15) is 0 Å². The molecule has 3 aromatic rings. The van der Waals surface area contributed by atoms with E-state index in [9.17, 15) is 35.6 Å². The van der Waals surface area contributed by atoms with Crippen molar-refractivity contribution in [3.05, 3.63) is 83.9 Å². The molecule has 0 aromatic heterocycles. The molecular formula is C24H20N4O7S3. The Morgan fingerprint density at radius 3 is 1.92 bits per heavy atom. The first-order valence-electron chi connectivity index (χ1n) is 10.9. The van der Waals surface area contributed by atoms with Gasteiger partial charge in [-0.3, -0.25) is 9.03 Å². The monoisotopic (exact) mass is 572 g/mol. The SMILES string of the molecule is N#Cc1cccc(S(=O)(=O)Nc2ccc(N([C@@H]3CS(=O)(=O)C[C@H]3O)S(=O)(=O)c3cccc(C#N)c3)cc2)c1. The Bertz CT molecular complexity index is 1790. The summed E-state index contributed by atoms with van der Waals surface area (Å²) in [5.74, 6) is -1.25. The van der Waals surface area contributed by atoms with Gasteiger partial charge in [-0.1, -0.05) is 12.1 Å². The van der Waals surface area contributed by atoms with Crippen LogP contribution in [0.1, 0.15) is 11.1 Å². The van der Waals surface area contributed by atoms with E-state index in [2.05, 4.69) is 4.72 Å². The van der Waals surface area contributed by atoms with Gasteiger partial charge >= 0.3 is 0 Å². The lowest BCUT2D eigenvalue weighted by Gasteiger charge is -2.31. The molecule has 2 atom stereocenters. The third kappa shape index (κ3) is 5.49. The van der Waals surface area contributed by atoms with Crippen LogP contribution in [0.3, 0.4) is 0 Å². The zero-order valence-corrected chi connectivity index (χ0v) is 21.9. The second-order valence-electron chi connectivity index (χ2n) is 8.44. The predicted molar refractivity (Wildman–Crippen MR) is 138 cm³/mol. The Balaban J connectivity index is 1.73. The van der Waals surface area contributed by atoms with Crippen LogP contribution in [0.2, 0.25) is 0 Å². The molecule has 0 unspecified atom stereocenters. The molecule has 1 fully saturated rings. The molecule has 14 heteroatoms. The number of benzene rings is 3. The summed E-state index contributed by atoms with van der Waals surface area (Å²) in [7, 11) is -12.3. The average Bonchev–Trinajstić information content (AvgIpc) is 3.16. The third-order valence-electron chi connectivity index (χ3n) is 5.76. The van der Waals surface area contributed by atoms with Gasteiger partial charge < -0.3 is 5.11 Å². The maximum Gasteiger partial charge on any atom is 0.264 e. The summed E-state index contributed by atoms with van der Waals surface area (Å²) in [4.78, 5) is -0.434. The van der Waals surface area contributed by atoms with Gasteiger partial charge in [-0.2, -0.15) is 10.5 Å². The highest BCUT2D eigenvalue weighted by Crippen LogP contribution is 2.32. The summed E-state index contributed by atoms with van der Waals surface area (Å²) in [5.41, 5.74) is 0.257. The number of hydrogen-bond donors (Lipinski definition) is 2. The van der Waals surface area contributed by atoms with E-state index in [0.29, 0.717) is 0 Å². The topological polar surface area (TPSA) is 185 Å². The molecule has 38 heavy (non-hydrogen) atoms. The Labute approximate surface area is 220 Å². The van der Waals surface area contributed by atoms with E-state index in [-0.39, 0.29) is 32.3 Å². The number of nitriles is 2. The van der Waals surface area contributed by atoms with E-state index in [1.165, 1.54) is 66.7 Å². The largest absolute Gasteiger partial charge is 0.390 e. The molecule has 0 aliphatic carbocycles. The van der Waals surface area contributed by atoms with Crippen LogP contribution in [0.5, 0.6) is 0 Å². The number of nitrogens with zero attached hydrogens (tertiary/aromatic N) is 3. The molecule has 0 radical (unpaired) electrons. The summed E-state index contributed by atoms with van der Waals surface area (Å²) in [5, 5.41) is 28.7. The van der Waals surface area contributed by atoms with E-state index in [1.54, 1.807) is 0 Å². The van der Waals surface area contributed by atoms with Gasteiger partial charge in [0.25, 0.3) is 20.0 Å². The number of sulfonamides is 2. The Morgan fingerprint density at radius 2 is 1.39 bits per heavy atom. The number of rotatable bonds is 7. The van der Waals surface area contributed by atoms with Crippen LogP contribution in [0.4, 0.5) is 11.4 Å². The van der Waals surface area contributed by atoms with Crippen LogP contribution in [-0.4, -0.2) is 54.0 Å². The first-order valence-corrected chi connectivity index (χ1v) is 15.7. The lowest BCUT2D eigenvalue weighted by molar-refractivity contribution is 0.184. The van der Waals surface area contributed by atoms with Crippen LogP contribution in [0.25, 0.3) is 0 Å². The summed E-state index contributed by atoms with van der Waals surface area (Å²) >= 11 is 0. The molecular weight excluding hydrogens is 552 g/mol. The quantitative estimate of drug-likeness (QED) is 0.424. The standard InChI is InChI=1S/C24H20N4O7S3/c25-13-17-3-1-5-21(11-17)37(32,33)27-19-7-9-20(10-8-19)28(23-15-36(30,31)16-24(23)29)38(34,35)22-6-2-4-18(12-22)14-26/h1-12,23-24,27,29H,15-16H2/t23-,24-/m1/s1. The number of anilines is 2. The summed E-state index contributed by atoms with van der Waals surface area (Å²) in [6, 6.07) is 18.0. The molecule has 1 saturated heterocycles. The average molecular weight is 573 g/mol. The van der Waals surface area contributed by atoms with Crippen LogP contribution in [0.15, 0.2) is 82.6 Å². The number of hydrogen-bond acceptors (Lipinski definition) is 9.